The first-order valence-corrected chi connectivity index (χ1v) is 12.1. The maximum Gasteiger partial charge on any atom is 0.416 e. The van der Waals surface area contributed by atoms with Crippen molar-refractivity contribution in [2.75, 3.05) is 19.6 Å². The van der Waals surface area contributed by atoms with Crippen molar-refractivity contribution in [3.05, 3.63) is 46.7 Å². The van der Waals surface area contributed by atoms with Crippen LogP contribution in [0.25, 0.3) is 0 Å². The van der Waals surface area contributed by atoms with Gasteiger partial charge in [0.05, 0.1) is 29.4 Å². The number of benzene rings is 1. The zero-order valence-electron chi connectivity index (χ0n) is 20.1. The summed E-state index contributed by atoms with van der Waals surface area (Å²) in [6.45, 7) is 6.40. The Kier molecular flexibility index (Phi) is 6.83. The molecule has 190 valence electrons. The van der Waals surface area contributed by atoms with Gasteiger partial charge in [0.2, 0.25) is 5.91 Å². The van der Waals surface area contributed by atoms with Crippen molar-refractivity contribution in [2.45, 2.75) is 58.3 Å². The first kappa shape index (κ1) is 25.1. The number of halogens is 3. The maximum atomic E-state index is 13.8. The number of amides is 4. The minimum absolute atomic E-state index is 0.00561. The minimum atomic E-state index is -4.66. The Morgan fingerprint density at radius 1 is 1.20 bits per heavy atom. The van der Waals surface area contributed by atoms with Crippen LogP contribution in [0.4, 0.5) is 18.0 Å². The summed E-state index contributed by atoms with van der Waals surface area (Å²) in [4.78, 5) is 42.6. The zero-order valence-corrected chi connectivity index (χ0v) is 20.1. The van der Waals surface area contributed by atoms with Crippen molar-refractivity contribution in [2.24, 2.45) is 11.8 Å². The Hall–Kier alpha value is -3.04. The van der Waals surface area contributed by atoms with Crippen molar-refractivity contribution < 1.29 is 27.6 Å². The van der Waals surface area contributed by atoms with Crippen LogP contribution in [0.2, 0.25) is 0 Å². The van der Waals surface area contributed by atoms with Gasteiger partial charge in [-0.15, -0.1) is 0 Å². The lowest BCUT2D eigenvalue weighted by atomic mass is 9.91. The lowest BCUT2D eigenvalue weighted by Gasteiger charge is -2.33. The van der Waals surface area contributed by atoms with Crippen LogP contribution in [0, 0.1) is 11.8 Å². The minimum Gasteiger partial charge on any atom is -0.354 e. The SMILES string of the molecule is CCN1C(=O)NC(c2ccccc2C(F)(F)F)C2=C1CN(C(CC(C)C)C(=O)NCC1CC1)C2=O. The molecular weight excluding hydrogens is 461 g/mol. The van der Waals surface area contributed by atoms with E-state index in [0.717, 1.165) is 18.9 Å². The molecule has 7 nitrogen and oxygen atoms in total. The predicted octanol–water partition coefficient (Wildman–Crippen LogP) is 3.83. The molecule has 2 aliphatic heterocycles. The predicted molar refractivity (Wildman–Crippen MR) is 123 cm³/mol. The highest BCUT2D eigenvalue weighted by Gasteiger charge is 2.48. The standard InChI is InChI=1S/C25H31F3N4O3/c1-4-31-19-13-32(18(11-14(2)3)22(33)29-12-15-9-10-15)23(34)20(19)21(30-24(31)35)16-7-5-6-8-17(16)25(26,27)28/h5-8,14-15,18,21H,4,9-13H2,1-3H3,(H,29,33)(H,30,35). The molecule has 0 aromatic heterocycles. The van der Waals surface area contributed by atoms with Crippen molar-refractivity contribution in [1.82, 2.24) is 20.4 Å². The summed E-state index contributed by atoms with van der Waals surface area (Å²) in [5, 5.41) is 5.55. The molecular formula is C25H31F3N4O3. The van der Waals surface area contributed by atoms with E-state index in [0.29, 0.717) is 24.6 Å². The highest BCUT2D eigenvalue weighted by atomic mass is 19.4. The number of likely N-dealkylation sites (N-methyl/N-ethyl adjacent to an activating group) is 1. The average molecular weight is 493 g/mol. The van der Waals surface area contributed by atoms with E-state index in [1.165, 1.54) is 28.0 Å². The fourth-order valence-electron chi connectivity index (χ4n) is 4.85. The van der Waals surface area contributed by atoms with Crippen LogP contribution in [-0.4, -0.2) is 53.3 Å². The largest absolute Gasteiger partial charge is 0.416 e. The van der Waals surface area contributed by atoms with E-state index in [2.05, 4.69) is 10.6 Å². The second-order valence-corrected chi connectivity index (χ2v) is 9.84. The van der Waals surface area contributed by atoms with E-state index in [9.17, 15) is 27.6 Å². The molecule has 2 unspecified atom stereocenters. The number of nitrogens with zero attached hydrogens (tertiary/aromatic N) is 2. The molecule has 0 bridgehead atoms. The Bertz CT molecular complexity index is 1050. The number of urea groups is 1. The van der Waals surface area contributed by atoms with Crippen LogP contribution in [0.15, 0.2) is 35.5 Å². The molecule has 1 fully saturated rings. The van der Waals surface area contributed by atoms with Gasteiger partial charge in [-0.1, -0.05) is 32.0 Å². The number of hydrogen-bond acceptors (Lipinski definition) is 3. The van der Waals surface area contributed by atoms with Crippen molar-refractivity contribution in [1.29, 1.82) is 0 Å². The van der Waals surface area contributed by atoms with Gasteiger partial charge in [0.15, 0.2) is 0 Å². The van der Waals surface area contributed by atoms with Crippen molar-refractivity contribution >= 4 is 17.8 Å². The van der Waals surface area contributed by atoms with Crippen LogP contribution in [-0.2, 0) is 15.8 Å². The molecule has 1 aliphatic carbocycles. The summed E-state index contributed by atoms with van der Waals surface area (Å²) in [6, 6.07) is 2.34. The molecule has 10 heteroatoms. The smallest absolute Gasteiger partial charge is 0.354 e. The molecule has 2 atom stereocenters. The quantitative estimate of drug-likeness (QED) is 0.579. The number of hydrogen-bond donors (Lipinski definition) is 2. The monoisotopic (exact) mass is 492 g/mol. The first-order chi connectivity index (χ1) is 16.5. The third kappa shape index (κ3) is 5.01. The van der Waals surface area contributed by atoms with Crippen LogP contribution < -0.4 is 10.6 Å². The number of carbonyl (C=O) groups excluding carboxylic acids is 3. The second-order valence-electron chi connectivity index (χ2n) is 9.84. The summed E-state index contributed by atoms with van der Waals surface area (Å²) in [6.07, 6.45) is -2.13. The summed E-state index contributed by atoms with van der Waals surface area (Å²) in [7, 11) is 0. The lowest BCUT2D eigenvalue weighted by molar-refractivity contribution is -0.139. The van der Waals surface area contributed by atoms with Crippen LogP contribution in [0.5, 0.6) is 0 Å². The van der Waals surface area contributed by atoms with Gasteiger partial charge >= 0.3 is 12.2 Å². The zero-order chi connectivity index (χ0) is 25.5. The van der Waals surface area contributed by atoms with E-state index in [-0.39, 0.29) is 36.1 Å². The number of rotatable bonds is 8. The molecule has 35 heavy (non-hydrogen) atoms. The van der Waals surface area contributed by atoms with E-state index in [1.54, 1.807) is 6.92 Å². The van der Waals surface area contributed by atoms with Gasteiger partial charge in [0.1, 0.15) is 6.04 Å². The lowest BCUT2D eigenvalue weighted by Crippen LogP contribution is -2.49. The van der Waals surface area contributed by atoms with E-state index in [1.807, 2.05) is 13.8 Å². The number of nitrogens with one attached hydrogen (secondary N) is 2. The number of carbonyl (C=O) groups is 3. The molecule has 0 saturated heterocycles. The highest BCUT2D eigenvalue weighted by Crippen LogP contribution is 2.42. The van der Waals surface area contributed by atoms with Gasteiger partial charge in [-0.25, -0.2) is 4.79 Å². The first-order valence-electron chi connectivity index (χ1n) is 12.1. The Labute approximate surface area is 202 Å². The molecule has 4 amide bonds. The Morgan fingerprint density at radius 3 is 2.49 bits per heavy atom. The molecule has 1 aromatic rings. The normalized spacial score (nSPS) is 21.4. The van der Waals surface area contributed by atoms with Crippen molar-refractivity contribution in [3.8, 4) is 0 Å². The topological polar surface area (TPSA) is 81.8 Å². The maximum absolute atomic E-state index is 13.8. The molecule has 2 N–H and O–H groups in total. The van der Waals surface area contributed by atoms with Gasteiger partial charge < -0.3 is 15.5 Å². The second kappa shape index (κ2) is 9.54. The number of alkyl halides is 3. The Morgan fingerprint density at radius 2 is 1.89 bits per heavy atom. The fourth-order valence-corrected chi connectivity index (χ4v) is 4.85. The third-order valence-electron chi connectivity index (χ3n) is 6.78. The summed E-state index contributed by atoms with van der Waals surface area (Å²) < 4.78 is 41.4. The van der Waals surface area contributed by atoms with E-state index >= 15 is 0 Å². The average Bonchev–Trinajstić information content (AvgIpc) is 3.57. The van der Waals surface area contributed by atoms with Crippen molar-refractivity contribution in [3.63, 3.8) is 0 Å². The summed E-state index contributed by atoms with van der Waals surface area (Å²) in [5.41, 5.74) is -0.654. The molecule has 2 heterocycles. The van der Waals surface area contributed by atoms with Gasteiger partial charge in [0.25, 0.3) is 5.91 Å². The van der Waals surface area contributed by atoms with Crippen LogP contribution in [0.1, 0.15) is 57.2 Å². The molecule has 4 rings (SSSR count). The summed E-state index contributed by atoms with van der Waals surface area (Å²) >= 11 is 0. The van der Waals surface area contributed by atoms with Gasteiger partial charge in [-0.05, 0) is 49.7 Å². The third-order valence-corrected chi connectivity index (χ3v) is 6.78. The molecule has 0 radical (unpaired) electrons. The van der Waals surface area contributed by atoms with E-state index < -0.39 is 35.8 Å². The van der Waals surface area contributed by atoms with Gasteiger partial charge in [0, 0.05) is 13.1 Å². The Balaban J connectivity index is 1.72. The van der Waals surface area contributed by atoms with Gasteiger partial charge in [-0.3, -0.25) is 14.5 Å². The summed E-state index contributed by atoms with van der Waals surface area (Å²) in [5.74, 6) is -0.234. The fraction of sp³-hybridized carbons (Fsp3) is 0.560. The molecule has 1 aromatic carbocycles. The molecule has 0 spiro atoms. The molecule has 3 aliphatic rings. The highest BCUT2D eigenvalue weighted by molar-refractivity contribution is 6.03. The van der Waals surface area contributed by atoms with Crippen LogP contribution in [0.3, 0.4) is 0 Å². The van der Waals surface area contributed by atoms with Crippen LogP contribution >= 0.6 is 0 Å². The van der Waals surface area contributed by atoms with E-state index in [4.69, 9.17) is 0 Å². The molecule has 1 saturated carbocycles. The van der Waals surface area contributed by atoms with Gasteiger partial charge in [-0.2, -0.15) is 13.2 Å².